The zero-order chi connectivity index (χ0) is 15.7. The third-order valence-corrected chi connectivity index (χ3v) is 3.76. The zero-order valence-corrected chi connectivity index (χ0v) is 12.6. The topological polar surface area (TPSA) is 46.4 Å². The number of fused-ring (bicyclic) bond motifs is 1. The van der Waals surface area contributed by atoms with E-state index >= 15 is 0 Å². The Bertz CT molecular complexity index is 860. The van der Waals surface area contributed by atoms with Crippen LogP contribution in [0.15, 0.2) is 42.7 Å². The third kappa shape index (κ3) is 2.94. The van der Waals surface area contributed by atoms with Gasteiger partial charge in [0.15, 0.2) is 0 Å². The monoisotopic (exact) mass is 317 g/mol. The molecule has 112 valence electrons. The molecule has 3 aromatic rings. The largest absolute Gasteiger partial charge is 0.325 e. The molecule has 0 bridgehead atoms. The average molecular weight is 318 g/mol. The maximum Gasteiger partial charge on any atom is 0.230 e. The van der Waals surface area contributed by atoms with Gasteiger partial charge in [-0.3, -0.25) is 4.79 Å². The van der Waals surface area contributed by atoms with Gasteiger partial charge in [-0.25, -0.2) is 9.37 Å². The second-order valence-corrected chi connectivity index (χ2v) is 5.39. The predicted octanol–water partition coefficient (Wildman–Crippen LogP) is 3.62. The summed E-state index contributed by atoms with van der Waals surface area (Å²) in [6.07, 6.45) is 3.07. The van der Waals surface area contributed by atoms with E-state index in [-0.39, 0.29) is 18.1 Å². The first kappa shape index (κ1) is 14.5. The van der Waals surface area contributed by atoms with E-state index in [0.717, 1.165) is 5.56 Å². The summed E-state index contributed by atoms with van der Waals surface area (Å²) in [6, 6.07) is 8.24. The SMILES string of the molecule is Cc1c(Cl)cccc1NC(=O)Cc1cn2cc(F)ccc2n1. The number of pyridine rings is 1. The summed E-state index contributed by atoms with van der Waals surface area (Å²) in [7, 11) is 0. The molecule has 22 heavy (non-hydrogen) atoms. The molecule has 2 aromatic heterocycles. The van der Waals surface area contributed by atoms with Crippen molar-refractivity contribution in [2.24, 2.45) is 0 Å². The Balaban J connectivity index is 1.76. The zero-order valence-electron chi connectivity index (χ0n) is 11.8. The molecule has 0 fully saturated rings. The lowest BCUT2D eigenvalue weighted by Crippen LogP contribution is -2.15. The van der Waals surface area contributed by atoms with Gasteiger partial charge in [0.2, 0.25) is 5.91 Å². The van der Waals surface area contributed by atoms with Crippen LogP contribution in [0.5, 0.6) is 0 Å². The molecule has 0 saturated carbocycles. The Morgan fingerprint density at radius 3 is 2.95 bits per heavy atom. The van der Waals surface area contributed by atoms with Crippen molar-refractivity contribution in [3.63, 3.8) is 0 Å². The molecule has 0 spiro atoms. The van der Waals surface area contributed by atoms with Crippen LogP contribution in [0.25, 0.3) is 5.65 Å². The fourth-order valence-electron chi connectivity index (χ4n) is 2.20. The van der Waals surface area contributed by atoms with Crippen molar-refractivity contribution in [3.8, 4) is 0 Å². The molecule has 3 rings (SSSR count). The van der Waals surface area contributed by atoms with Gasteiger partial charge < -0.3 is 9.72 Å². The number of rotatable bonds is 3. The summed E-state index contributed by atoms with van der Waals surface area (Å²) in [6.45, 7) is 1.84. The minimum Gasteiger partial charge on any atom is -0.325 e. The van der Waals surface area contributed by atoms with Gasteiger partial charge in [-0.1, -0.05) is 17.7 Å². The highest BCUT2D eigenvalue weighted by Crippen LogP contribution is 2.23. The number of carbonyl (C=O) groups excluding carboxylic acids is 1. The van der Waals surface area contributed by atoms with Crippen LogP contribution in [0.4, 0.5) is 10.1 Å². The Hall–Kier alpha value is -2.40. The third-order valence-electron chi connectivity index (χ3n) is 3.35. The van der Waals surface area contributed by atoms with Gasteiger partial charge >= 0.3 is 0 Å². The highest BCUT2D eigenvalue weighted by Gasteiger charge is 2.10. The van der Waals surface area contributed by atoms with Crippen LogP contribution in [0.3, 0.4) is 0 Å². The highest BCUT2D eigenvalue weighted by molar-refractivity contribution is 6.31. The van der Waals surface area contributed by atoms with Gasteiger partial charge in [-0.2, -0.15) is 0 Å². The summed E-state index contributed by atoms with van der Waals surface area (Å²) in [5, 5.41) is 3.41. The van der Waals surface area contributed by atoms with Gasteiger partial charge in [0.1, 0.15) is 11.5 Å². The molecule has 0 saturated heterocycles. The van der Waals surface area contributed by atoms with E-state index < -0.39 is 0 Å². The lowest BCUT2D eigenvalue weighted by Gasteiger charge is -2.08. The summed E-state index contributed by atoms with van der Waals surface area (Å²) in [5.74, 6) is -0.551. The Morgan fingerprint density at radius 1 is 1.32 bits per heavy atom. The fraction of sp³-hybridized carbons (Fsp3) is 0.125. The molecular formula is C16H13ClFN3O. The summed E-state index contributed by atoms with van der Waals surface area (Å²) < 4.78 is 14.7. The van der Waals surface area contributed by atoms with E-state index in [0.29, 0.717) is 22.1 Å². The summed E-state index contributed by atoms with van der Waals surface area (Å²) in [4.78, 5) is 16.4. The molecule has 0 radical (unpaired) electrons. The Morgan fingerprint density at radius 2 is 2.14 bits per heavy atom. The van der Waals surface area contributed by atoms with Crippen LogP contribution in [0.2, 0.25) is 5.02 Å². The van der Waals surface area contributed by atoms with Crippen molar-refractivity contribution in [1.82, 2.24) is 9.38 Å². The van der Waals surface area contributed by atoms with E-state index in [9.17, 15) is 9.18 Å². The van der Waals surface area contributed by atoms with Crippen molar-refractivity contribution in [3.05, 3.63) is 64.8 Å². The van der Waals surface area contributed by atoms with Crippen molar-refractivity contribution >= 4 is 28.8 Å². The summed E-state index contributed by atoms with van der Waals surface area (Å²) >= 11 is 6.02. The fourth-order valence-corrected chi connectivity index (χ4v) is 2.38. The molecule has 1 amide bonds. The molecule has 2 heterocycles. The van der Waals surface area contributed by atoms with E-state index in [4.69, 9.17) is 11.6 Å². The standard InChI is InChI=1S/C16H13ClFN3O/c1-10-13(17)3-2-4-14(10)20-16(22)7-12-9-21-8-11(18)5-6-15(21)19-12/h2-6,8-9H,7H2,1H3,(H,20,22). The van der Waals surface area contributed by atoms with Crippen LogP contribution >= 0.6 is 11.6 Å². The molecule has 0 atom stereocenters. The molecule has 6 heteroatoms. The molecule has 0 aliphatic rings. The molecule has 1 N–H and O–H groups in total. The van der Waals surface area contributed by atoms with E-state index in [1.54, 1.807) is 34.9 Å². The van der Waals surface area contributed by atoms with Gasteiger partial charge in [-0.05, 0) is 36.8 Å². The number of nitrogens with one attached hydrogen (secondary N) is 1. The van der Waals surface area contributed by atoms with E-state index in [2.05, 4.69) is 10.3 Å². The average Bonchev–Trinajstić information content (AvgIpc) is 2.85. The first-order chi connectivity index (χ1) is 10.5. The number of anilines is 1. The smallest absolute Gasteiger partial charge is 0.230 e. The number of imidazole rings is 1. The molecule has 4 nitrogen and oxygen atoms in total. The highest BCUT2D eigenvalue weighted by atomic mass is 35.5. The van der Waals surface area contributed by atoms with Gasteiger partial charge in [0.25, 0.3) is 0 Å². The lowest BCUT2D eigenvalue weighted by atomic mass is 10.2. The van der Waals surface area contributed by atoms with E-state index in [1.807, 2.05) is 6.92 Å². The van der Waals surface area contributed by atoms with Crippen molar-refractivity contribution in [2.75, 3.05) is 5.32 Å². The second kappa shape index (κ2) is 5.77. The van der Waals surface area contributed by atoms with Gasteiger partial charge in [-0.15, -0.1) is 0 Å². The molecule has 0 aliphatic heterocycles. The maximum absolute atomic E-state index is 13.1. The minimum absolute atomic E-state index is 0.106. The number of carbonyl (C=O) groups is 1. The molecular weight excluding hydrogens is 305 g/mol. The van der Waals surface area contributed by atoms with Crippen LogP contribution in [0, 0.1) is 12.7 Å². The lowest BCUT2D eigenvalue weighted by molar-refractivity contribution is -0.115. The first-order valence-corrected chi connectivity index (χ1v) is 7.09. The maximum atomic E-state index is 13.1. The number of halogens is 2. The number of nitrogens with zero attached hydrogens (tertiary/aromatic N) is 2. The van der Waals surface area contributed by atoms with Crippen LogP contribution in [-0.4, -0.2) is 15.3 Å². The van der Waals surface area contributed by atoms with Crippen LogP contribution in [-0.2, 0) is 11.2 Å². The van der Waals surface area contributed by atoms with Gasteiger partial charge in [0.05, 0.1) is 12.1 Å². The first-order valence-electron chi connectivity index (χ1n) is 6.71. The van der Waals surface area contributed by atoms with Gasteiger partial charge in [0, 0.05) is 23.1 Å². The number of aromatic nitrogens is 2. The van der Waals surface area contributed by atoms with E-state index in [1.165, 1.54) is 12.3 Å². The molecule has 1 aromatic carbocycles. The summed E-state index contributed by atoms with van der Waals surface area (Å²) in [5.41, 5.74) is 2.66. The predicted molar refractivity (Wildman–Crippen MR) is 83.7 cm³/mol. The molecule has 0 aliphatic carbocycles. The normalized spacial score (nSPS) is 10.9. The van der Waals surface area contributed by atoms with Crippen molar-refractivity contribution in [2.45, 2.75) is 13.3 Å². The molecule has 0 unspecified atom stereocenters. The Labute approximate surface area is 131 Å². The number of hydrogen-bond donors (Lipinski definition) is 1. The number of amides is 1. The quantitative estimate of drug-likeness (QED) is 0.802. The second-order valence-electron chi connectivity index (χ2n) is 4.98. The van der Waals surface area contributed by atoms with Crippen LogP contribution in [0.1, 0.15) is 11.3 Å². The minimum atomic E-state index is -0.351. The Kier molecular flexibility index (Phi) is 3.81. The van der Waals surface area contributed by atoms with Crippen molar-refractivity contribution in [1.29, 1.82) is 0 Å². The number of benzene rings is 1. The number of hydrogen-bond acceptors (Lipinski definition) is 2. The van der Waals surface area contributed by atoms with Crippen molar-refractivity contribution < 1.29 is 9.18 Å². The van der Waals surface area contributed by atoms with Crippen LogP contribution < -0.4 is 5.32 Å².